The number of nitrogens with zero attached hydrogens (tertiary/aromatic N) is 2. The minimum absolute atomic E-state index is 0.438. The fourth-order valence-corrected chi connectivity index (χ4v) is 2.60. The standard InChI is InChI=1S/C16H24N2O/c1-12-11-18(3)13(2)9-16(12)17-10-14-5-7-15(19-4)8-6-14/h5-8,10,12-13,16H,9,11H2,1-4H3/t12-,13-,16+/m0/s1. The molecule has 0 bridgehead atoms. The molecule has 19 heavy (non-hydrogen) atoms. The van der Waals surface area contributed by atoms with Crippen molar-refractivity contribution >= 4 is 6.21 Å². The molecule has 1 aromatic rings. The topological polar surface area (TPSA) is 24.8 Å². The zero-order valence-corrected chi connectivity index (χ0v) is 12.3. The molecule has 1 saturated heterocycles. The molecule has 1 aliphatic rings. The van der Waals surface area contributed by atoms with E-state index in [0.29, 0.717) is 18.0 Å². The quantitative estimate of drug-likeness (QED) is 0.781. The summed E-state index contributed by atoms with van der Waals surface area (Å²) >= 11 is 0. The molecular formula is C16H24N2O. The molecule has 3 atom stereocenters. The molecule has 3 heteroatoms. The Morgan fingerprint density at radius 3 is 2.58 bits per heavy atom. The number of rotatable bonds is 3. The Kier molecular flexibility index (Phi) is 4.59. The van der Waals surface area contributed by atoms with E-state index in [1.165, 1.54) is 0 Å². The van der Waals surface area contributed by atoms with Gasteiger partial charge in [-0.25, -0.2) is 0 Å². The third-order valence-electron chi connectivity index (χ3n) is 4.10. The number of aliphatic imine (C=N–C) groups is 1. The monoisotopic (exact) mass is 260 g/mol. The zero-order valence-electron chi connectivity index (χ0n) is 12.3. The van der Waals surface area contributed by atoms with Crippen LogP contribution in [0.25, 0.3) is 0 Å². The van der Waals surface area contributed by atoms with Crippen LogP contribution in [0.15, 0.2) is 29.3 Å². The van der Waals surface area contributed by atoms with Gasteiger partial charge in [-0.05, 0) is 56.1 Å². The Balaban J connectivity index is 2.00. The van der Waals surface area contributed by atoms with Gasteiger partial charge in [-0.3, -0.25) is 4.99 Å². The van der Waals surface area contributed by atoms with Gasteiger partial charge in [0.05, 0.1) is 13.2 Å². The van der Waals surface area contributed by atoms with Gasteiger partial charge in [-0.15, -0.1) is 0 Å². The first-order valence-electron chi connectivity index (χ1n) is 6.97. The molecule has 0 unspecified atom stereocenters. The van der Waals surface area contributed by atoms with Gasteiger partial charge in [-0.2, -0.15) is 0 Å². The molecule has 0 aromatic heterocycles. The summed E-state index contributed by atoms with van der Waals surface area (Å²) in [6.45, 7) is 5.70. The van der Waals surface area contributed by atoms with E-state index < -0.39 is 0 Å². The summed E-state index contributed by atoms with van der Waals surface area (Å²) in [7, 11) is 3.88. The van der Waals surface area contributed by atoms with Crippen LogP contribution in [0.2, 0.25) is 0 Å². The third-order valence-corrected chi connectivity index (χ3v) is 4.10. The smallest absolute Gasteiger partial charge is 0.118 e. The Morgan fingerprint density at radius 1 is 1.26 bits per heavy atom. The molecule has 1 aromatic carbocycles. The Morgan fingerprint density at radius 2 is 1.95 bits per heavy atom. The van der Waals surface area contributed by atoms with Crippen LogP contribution < -0.4 is 4.74 Å². The van der Waals surface area contributed by atoms with E-state index >= 15 is 0 Å². The first-order chi connectivity index (χ1) is 9.10. The van der Waals surface area contributed by atoms with Crippen molar-refractivity contribution in [3.63, 3.8) is 0 Å². The molecule has 0 spiro atoms. The van der Waals surface area contributed by atoms with Crippen molar-refractivity contribution in [2.24, 2.45) is 10.9 Å². The predicted octanol–water partition coefficient (Wildman–Crippen LogP) is 2.84. The molecule has 0 N–H and O–H groups in total. The Labute approximate surface area is 116 Å². The lowest BCUT2D eigenvalue weighted by Crippen LogP contribution is -2.44. The van der Waals surface area contributed by atoms with Gasteiger partial charge in [0, 0.05) is 18.8 Å². The number of benzene rings is 1. The molecule has 2 rings (SSSR count). The first kappa shape index (κ1) is 14.1. The van der Waals surface area contributed by atoms with E-state index in [4.69, 9.17) is 9.73 Å². The van der Waals surface area contributed by atoms with Crippen LogP contribution >= 0.6 is 0 Å². The maximum absolute atomic E-state index is 5.16. The second kappa shape index (κ2) is 6.20. The van der Waals surface area contributed by atoms with Gasteiger partial charge >= 0.3 is 0 Å². The van der Waals surface area contributed by atoms with Gasteiger partial charge in [-0.1, -0.05) is 6.92 Å². The summed E-state index contributed by atoms with van der Waals surface area (Å²) < 4.78 is 5.16. The summed E-state index contributed by atoms with van der Waals surface area (Å²) in [6, 6.07) is 9.10. The molecule has 104 valence electrons. The number of likely N-dealkylation sites (tertiary alicyclic amines) is 1. The lowest BCUT2D eigenvalue weighted by Gasteiger charge is -2.37. The fraction of sp³-hybridized carbons (Fsp3) is 0.562. The van der Waals surface area contributed by atoms with Gasteiger partial charge in [0.1, 0.15) is 5.75 Å². The van der Waals surface area contributed by atoms with E-state index in [1.807, 2.05) is 30.5 Å². The number of ether oxygens (including phenoxy) is 1. The van der Waals surface area contributed by atoms with Crippen LogP contribution in [0.5, 0.6) is 5.75 Å². The minimum atomic E-state index is 0.438. The number of hydrogen-bond acceptors (Lipinski definition) is 3. The average Bonchev–Trinajstić information content (AvgIpc) is 2.42. The van der Waals surface area contributed by atoms with Crippen molar-refractivity contribution < 1.29 is 4.74 Å². The van der Waals surface area contributed by atoms with Crippen LogP contribution in [0.3, 0.4) is 0 Å². The summed E-state index contributed by atoms with van der Waals surface area (Å²) in [5.41, 5.74) is 1.14. The second-order valence-electron chi connectivity index (χ2n) is 5.62. The van der Waals surface area contributed by atoms with Gasteiger partial charge in [0.15, 0.2) is 0 Å². The molecule has 3 nitrogen and oxygen atoms in total. The zero-order chi connectivity index (χ0) is 13.8. The third kappa shape index (κ3) is 3.57. The fourth-order valence-electron chi connectivity index (χ4n) is 2.60. The van der Waals surface area contributed by atoms with E-state index in [2.05, 4.69) is 25.8 Å². The molecular weight excluding hydrogens is 236 g/mol. The van der Waals surface area contributed by atoms with Crippen molar-refractivity contribution in [1.82, 2.24) is 4.90 Å². The summed E-state index contributed by atoms with van der Waals surface area (Å²) in [4.78, 5) is 7.20. The largest absolute Gasteiger partial charge is 0.497 e. The number of hydrogen-bond donors (Lipinski definition) is 0. The number of piperidine rings is 1. The minimum Gasteiger partial charge on any atom is -0.497 e. The molecule has 1 aliphatic heterocycles. The second-order valence-corrected chi connectivity index (χ2v) is 5.62. The lowest BCUT2D eigenvalue weighted by atomic mass is 9.90. The number of methoxy groups -OCH3 is 1. The summed E-state index contributed by atoms with van der Waals surface area (Å²) in [5, 5.41) is 0. The highest BCUT2D eigenvalue weighted by Crippen LogP contribution is 2.23. The Hall–Kier alpha value is -1.35. The first-order valence-corrected chi connectivity index (χ1v) is 6.97. The molecule has 0 amide bonds. The van der Waals surface area contributed by atoms with E-state index in [0.717, 1.165) is 24.3 Å². The van der Waals surface area contributed by atoms with Crippen LogP contribution in [-0.4, -0.2) is 43.9 Å². The van der Waals surface area contributed by atoms with Crippen LogP contribution in [0, 0.1) is 5.92 Å². The van der Waals surface area contributed by atoms with Crippen molar-refractivity contribution in [2.75, 3.05) is 20.7 Å². The van der Waals surface area contributed by atoms with E-state index in [-0.39, 0.29) is 0 Å². The molecule has 0 radical (unpaired) electrons. The average molecular weight is 260 g/mol. The maximum Gasteiger partial charge on any atom is 0.118 e. The summed E-state index contributed by atoms with van der Waals surface area (Å²) in [5.74, 6) is 1.51. The molecule has 0 aliphatic carbocycles. The highest BCUT2D eigenvalue weighted by atomic mass is 16.5. The maximum atomic E-state index is 5.16. The van der Waals surface area contributed by atoms with Crippen LogP contribution in [-0.2, 0) is 0 Å². The normalized spacial score (nSPS) is 28.7. The molecule has 1 fully saturated rings. The Bertz CT molecular complexity index is 427. The summed E-state index contributed by atoms with van der Waals surface area (Å²) in [6.07, 6.45) is 3.14. The lowest BCUT2D eigenvalue weighted by molar-refractivity contribution is 0.139. The molecule has 0 saturated carbocycles. The van der Waals surface area contributed by atoms with E-state index in [1.54, 1.807) is 7.11 Å². The van der Waals surface area contributed by atoms with Crippen LogP contribution in [0.1, 0.15) is 25.8 Å². The van der Waals surface area contributed by atoms with Crippen molar-refractivity contribution in [2.45, 2.75) is 32.4 Å². The predicted molar refractivity (Wildman–Crippen MR) is 80.2 cm³/mol. The highest BCUT2D eigenvalue weighted by molar-refractivity contribution is 5.79. The van der Waals surface area contributed by atoms with Crippen molar-refractivity contribution in [1.29, 1.82) is 0 Å². The van der Waals surface area contributed by atoms with Crippen molar-refractivity contribution in [3.05, 3.63) is 29.8 Å². The van der Waals surface area contributed by atoms with Crippen molar-refractivity contribution in [3.8, 4) is 5.75 Å². The SMILES string of the molecule is COc1ccc(C=N[C@@H]2C[C@H](C)N(C)C[C@@H]2C)cc1. The van der Waals surface area contributed by atoms with Crippen LogP contribution in [0.4, 0.5) is 0 Å². The van der Waals surface area contributed by atoms with Gasteiger partial charge in [0.25, 0.3) is 0 Å². The van der Waals surface area contributed by atoms with Gasteiger partial charge in [0.2, 0.25) is 0 Å². The van der Waals surface area contributed by atoms with Gasteiger partial charge < -0.3 is 9.64 Å². The molecule has 1 heterocycles. The highest BCUT2D eigenvalue weighted by Gasteiger charge is 2.27. The van der Waals surface area contributed by atoms with E-state index in [9.17, 15) is 0 Å².